The van der Waals surface area contributed by atoms with Crippen molar-refractivity contribution >= 4 is 49.7 Å². The molecule has 1 atom stereocenters. The third-order valence-electron chi connectivity index (χ3n) is 2.42. The molecule has 0 aliphatic heterocycles. The molecule has 21 heavy (non-hydrogen) atoms. The molecule has 0 saturated carbocycles. The van der Waals surface area contributed by atoms with Gasteiger partial charge in [-0.1, -0.05) is 60.7 Å². The van der Waals surface area contributed by atoms with E-state index in [2.05, 4.69) is 0 Å². The Bertz CT molecular complexity index is 553. The number of aliphatic hydroxyl groups is 1. The van der Waals surface area contributed by atoms with Gasteiger partial charge in [0.2, 0.25) is 0 Å². The molecular formula is C15H12CaO5. The number of Topliss-reactive ketones (excluding diaryl/α,β-unsaturated/α-hetero) is 1. The van der Waals surface area contributed by atoms with E-state index in [1.807, 2.05) is 12.1 Å². The topological polar surface area (TPSA) is 100 Å². The molecule has 104 valence electrons. The molecule has 0 heterocycles. The fourth-order valence-electron chi connectivity index (χ4n) is 1.55. The van der Waals surface area contributed by atoms with Crippen molar-refractivity contribution in [2.75, 3.05) is 0 Å². The van der Waals surface area contributed by atoms with Crippen LogP contribution in [-0.4, -0.2) is 54.8 Å². The van der Waals surface area contributed by atoms with Gasteiger partial charge in [-0.3, -0.25) is 4.79 Å². The van der Waals surface area contributed by atoms with Crippen LogP contribution in [0.5, 0.6) is 0 Å². The van der Waals surface area contributed by atoms with Gasteiger partial charge in [0, 0.05) is 5.56 Å². The van der Waals surface area contributed by atoms with Crippen molar-refractivity contribution in [2.24, 2.45) is 0 Å². The van der Waals surface area contributed by atoms with E-state index in [-0.39, 0.29) is 43.5 Å². The Hall–Kier alpha value is -1.40. The number of rotatable bonds is 3. The van der Waals surface area contributed by atoms with Crippen LogP contribution in [0, 0.1) is 0 Å². The Morgan fingerprint density at radius 3 is 1.67 bits per heavy atom. The van der Waals surface area contributed by atoms with Crippen molar-refractivity contribution in [1.29, 1.82) is 0 Å². The zero-order chi connectivity index (χ0) is 15.0. The van der Waals surface area contributed by atoms with Gasteiger partial charge in [-0.15, -0.1) is 0 Å². The predicted octanol–water partition coefficient (Wildman–Crippen LogP) is -0.225. The molecule has 0 fully saturated rings. The van der Waals surface area contributed by atoms with E-state index in [1.54, 1.807) is 48.5 Å². The number of ketones is 1. The molecule has 0 aliphatic rings. The number of carboxylic acid groups (broad SMARTS) is 2. The summed E-state index contributed by atoms with van der Waals surface area (Å²) in [6, 6.07) is 17.7. The number of benzene rings is 2. The van der Waals surface area contributed by atoms with Gasteiger partial charge in [0.15, 0.2) is 5.78 Å². The van der Waals surface area contributed by atoms with Crippen molar-refractivity contribution in [3.8, 4) is 0 Å². The van der Waals surface area contributed by atoms with Crippen LogP contribution in [0.1, 0.15) is 22.0 Å². The molecule has 0 aromatic heterocycles. The summed E-state index contributed by atoms with van der Waals surface area (Å²) in [5.41, 5.74) is 1.15. The maximum absolute atomic E-state index is 11.9. The standard InChI is InChI=1S/C14H12O2.CH2O3.Ca/c15-13(11-7-3-1-4-8-11)14(16)12-9-5-2-6-10-12;2-1(3)4;/h1-10,13,15H;(H2,2,3,4);/q;;+2/p-2. The summed E-state index contributed by atoms with van der Waals surface area (Å²) in [5, 5.41) is 26.6. The summed E-state index contributed by atoms with van der Waals surface area (Å²) in [7, 11) is 0. The molecule has 1 N–H and O–H groups in total. The first-order chi connectivity index (χ1) is 9.52. The zero-order valence-electron chi connectivity index (χ0n) is 11.1. The van der Waals surface area contributed by atoms with E-state index in [9.17, 15) is 9.90 Å². The van der Waals surface area contributed by atoms with Crippen LogP contribution >= 0.6 is 0 Å². The molecule has 0 bridgehead atoms. The van der Waals surface area contributed by atoms with Crippen LogP contribution in [0.25, 0.3) is 0 Å². The summed E-state index contributed by atoms with van der Waals surface area (Å²) in [4.78, 5) is 20.2. The van der Waals surface area contributed by atoms with Crippen LogP contribution in [0.4, 0.5) is 4.79 Å². The van der Waals surface area contributed by atoms with Gasteiger partial charge in [0.05, 0.1) is 0 Å². The van der Waals surface area contributed by atoms with Gasteiger partial charge in [0.25, 0.3) is 0 Å². The predicted molar refractivity (Wildman–Crippen MR) is 73.3 cm³/mol. The van der Waals surface area contributed by atoms with Gasteiger partial charge in [0.1, 0.15) is 6.10 Å². The molecule has 5 nitrogen and oxygen atoms in total. The van der Waals surface area contributed by atoms with Crippen LogP contribution in [-0.2, 0) is 0 Å². The first-order valence-electron chi connectivity index (χ1n) is 5.72. The van der Waals surface area contributed by atoms with Crippen molar-refractivity contribution in [2.45, 2.75) is 6.10 Å². The first-order valence-corrected chi connectivity index (χ1v) is 5.72. The number of aliphatic hydroxyl groups excluding tert-OH is 1. The molecule has 2 rings (SSSR count). The van der Waals surface area contributed by atoms with E-state index in [4.69, 9.17) is 15.0 Å². The summed E-state index contributed by atoms with van der Waals surface area (Å²) < 4.78 is 0. The third kappa shape index (κ3) is 7.24. The maximum Gasteiger partial charge on any atom is 2.00 e. The fraction of sp³-hybridized carbons (Fsp3) is 0.0667. The Kier molecular flexibility index (Phi) is 9.65. The number of carbonyl (C=O) groups is 2. The van der Waals surface area contributed by atoms with Crippen LogP contribution < -0.4 is 10.2 Å². The molecular weight excluding hydrogens is 300 g/mol. The quantitative estimate of drug-likeness (QED) is 0.623. The van der Waals surface area contributed by atoms with Crippen molar-refractivity contribution < 1.29 is 24.9 Å². The maximum atomic E-state index is 11.9. The summed E-state index contributed by atoms with van der Waals surface area (Å²) in [6.45, 7) is 0. The summed E-state index contributed by atoms with van der Waals surface area (Å²) >= 11 is 0. The Labute approximate surface area is 151 Å². The van der Waals surface area contributed by atoms with E-state index in [0.29, 0.717) is 11.1 Å². The van der Waals surface area contributed by atoms with E-state index in [0.717, 1.165) is 0 Å². The minimum Gasteiger partial charge on any atom is -0.652 e. The molecule has 1 unspecified atom stereocenters. The van der Waals surface area contributed by atoms with Crippen molar-refractivity contribution in [3.05, 3.63) is 71.8 Å². The normalized spacial score (nSPS) is 10.3. The van der Waals surface area contributed by atoms with Gasteiger partial charge >= 0.3 is 37.7 Å². The van der Waals surface area contributed by atoms with E-state index < -0.39 is 12.3 Å². The molecule has 2 aromatic rings. The van der Waals surface area contributed by atoms with E-state index in [1.165, 1.54) is 0 Å². The summed E-state index contributed by atoms with van der Waals surface area (Å²) in [5.74, 6) is -0.271. The van der Waals surface area contributed by atoms with Gasteiger partial charge in [-0.2, -0.15) is 0 Å². The average Bonchev–Trinajstić information content (AvgIpc) is 2.47. The van der Waals surface area contributed by atoms with Crippen LogP contribution in [0.15, 0.2) is 60.7 Å². The Morgan fingerprint density at radius 1 is 0.857 bits per heavy atom. The Morgan fingerprint density at radius 2 is 1.24 bits per heavy atom. The largest absolute Gasteiger partial charge is 2.00 e. The average molecular weight is 312 g/mol. The summed E-state index contributed by atoms with van der Waals surface area (Å²) in [6.07, 6.45) is -3.41. The SMILES string of the molecule is O=C([O-])[O-].O=C(c1ccccc1)C(O)c1ccccc1.[Ca+2]. The Balaban J connectivity index is 0.000000715. The second kappa shape index (κ2) is 10.3. The van der Waals surface area contributed by atoms with Gasteiger partial charge in [-0.05, 0) is 11.7 Å². The molecule has 2 aromatic carbocycles. The number of carbonyl (C=O) groups excluding carboxylic acids is 2. The molecule has 0 aliphatic carbocycles. The van der Waals surface area contributed by atoms with Crippen LogP contribution in [0.3, 0.4) is 0 Å². The molecule has 6 heteroatoms. The fourth-order valence-corrected chi connectivity index (χ4v) is 1.55. The zero-order valence-corrected chi connectivity index (χ0v) is 13.3. The van der Waals surface area contributed by atoms with Gasteiger partial charge < -0.3 is 20.1 Å². The molecule has 0 saturated heterocycles. The van der Waals surface area contributed by atoms with Crippen LogP contribution in [0.2, 0.25) is 0 Å². The van der Waals surface area contributed by atoms with Crippen molar-refractivity contribution in [1.82, 2.24) is 0 Å². The molecule has 0 radical (unpaired) electrons. The second-order valence-electron chi connectivity index (χ2n) is 3.79. The third-order valence-corrected chi connectivity index (χ3v) is 2.42. The van der Waals surface area contributed by atoms with Crippen molar-refractivity contribution in [3.63, 3.8) is 0 Å². The smallest absolute Gasteiger partial charge is 0.652 e. The van der Waals surface area contributed by atoms with E-state index >= 15 is 0 Å². The molecule has 0 spiro atoms. The number of hydrogen-bond donors (Lipinski definition) is 1. The minimum atomic E-state index is -2.33. The number of hydrogen-bond acceptors (Lipinski definition) is 5. The minimum absolute atomic E-state index is 0. The first kappa shape index (κ1) is 19.6. The monoisotopic (exact) mass is 312 g/mol. The second-order valence-corrected chi connectivity index (χ2v) is 3.79. The van der Waals surface area contributed by atoms with Gasteiger partial charge in [-0.25, -0.2) is 0 Å². The molecule has 0 amide bonds.